The van der Waals surface area contributed by atoms with E-state index in [4.69, 9.17) is 0 Å². The number of hydrogen-bond donors (Lipinski definition) is 0. The third-order valence-corrected chi connectivity index (χ3v) is 8.95. The summed E-state index contributed by atoms with van der Waals surface area (Å²) in [7, 11) is 0. The Morgan fingerprint density at radius 3 is 2.04 bits per heavy atom. The zero-order valence-corrected chi connectivity index (χ0v) is 16.1. The van der Waals surface area contributed by atoms with Crippen molar-refractivity contribution in [1.82, 2.24) is 0 Å². The molecule has 0 N–H and O–H groups in total. The van der Waals surface area contributed by atoms with Crippen LogP contribution in [-0.4, -0.2) is 0 Å². The molecule has 0 aromatic heterocycles. The summed E-state index contributed by atoms with van der Waals surface area (Å²) in [5, 5.41) is 0. The third-order valence-electron chi connectivity index (χ3n) is 8.95. The van der Waals surface area contributed by atoms with E-state index in [0.29, 0.717) is 10.8 Å². The van der Waals surface area contributed by atoms with Crippen molar-refractivity contribution in [3.63, 3.8) is 0 Å². The van der Waals surface area contributed by atoms with Crippen LogP contribution in [0.15, 0.2) is 0 Å². The summed E-state index contributed by atoms with van der Waals surface area (Å²) in [6.45, 7) is 7.93. The fourth-order valence-electron chi connectivity index (χ4n) is 8.07. The van der Waals surface area contributed by atoms with E-state index < -0.39 is 0 Å². The standard InChI is InChI=1S/C23H40/c1-22(2)13-9-12-19-17-10-5-6-11-18(17)20(21(19)22)16-23(3)14-7-4-8-15-23/h17-21H,4-16H2,1-3H3. The van der Waals surface area contributed by atoms with E-state index >= 15 is 0 Å². The molecule has 4 rings (SSSR count). The first-order chi connectivity index (χ1) is 11.0. The molecule has 0 aliphatic heterocycles. The molecule has 0 aromatic rings. The van der Waals surface area contributed by atoms with E-state index in [1.54, 1.807) is 25.7 Å². The number of rotatable bonds is 2. The molecule has 0 radical (unpaired) electrons. The van der Waals surface area contributed by atoms with Crippen LogP contribution in [-0.2, 0) is 0 Å². The summed E-state index contributed by atoms with van der Waals surface area (Å²) < 4.78 is 0. The molecule has 0 saturated heterocycles. The van der Waals surface area contributed by atoms with Crippen molar-refractivity contribution in [1.29, 1.82) is 0 Å². The molecule has 0 spiro atoms. The summed E-state index contributed by atoms with van der Waals surface area (Å²) in [6.07, 6.45) is 20.0. The van der Waals surface area contributed by atoms with Gasteiger partial charge >= 0.3 is 0 Å². The van der Waals surface area contributed by atoms with Crippen molar-refractivity contribution in [2.75, 3.05) is 0 Å². The second-order valence-corrected chi connectivity index (χ2v) is 10.9. The molecule has 4 aliphatic rings. The Hall–Kier alpha value is 0. The van der Waals surface area contributed by atoms with E-state index in [2.05, 4.69) is 20.8 Å². The van der Waals surface area contributed by atoms with Gasteiger partial charge < -0.3 is 0 Å². The van der Waals surface area contributed by atoms with Gasteiger partial charge in [0, 0.05) is 0 Å². The van der Waals surface area contributed by atoms with Gasteiger partial charge in [-0.1, -0.05) is 59.3 Å². The maximum Gasteiger partial charge on any atom is -0.0300 e. The molecular weight excluding hydrogens is 276 g/mol. The van der Waals surface area contributed by atoms with Crippen molar-refractivity contribution in [3.8, 4) is 0 Å². The van der Waals surface area contributed by atoms with Gasteiger partial charge in [-0.2, -0.15) is 0 Å². The highest BCUT2D eigenvalue weighted by Crippen LogP contribution is 2.64. The lowest BCUT2D eigenvalue weighted by atomic mass is 9.58. The first kappa shape index (κ1) is 16.5. The molecule has 0 aromatic carbocycles. The van der Waals surface area contributed by atoms with Gasteiger partial charge in [-0.25, -0.2) is 0 Å². The highest BCUT2D eigenvalue weighted by atomic mass is 14.6. The maximum atomic E-state index is 2.66. The molecule has 0 heterocycles. The molecule has 4 fully saturated rings. The van der Waals surface area contributed by atoms with Gasteiger partial charge in [-0.15, -0.1) is 0 Å². The van der Waals surface area contributed by atoms with Crippen LogP contribution in [0.2, 0.25) is 0 Å². The Bertz CT molecular complexity index is 414. The number of hydrogen-bond acceptors (Lipinski definition) is 0. The SMILES string of the molecule is CC1(CC2C3CCCCC3C3CCCC(C)(C)C32)CCCCC1. The van der Waals surface area contributed by atoms with Gasteiger partial charge in [0.2, 0.25) is 0 Å². The first-order valence-electron chi connectivity index (χ1n) is 11.0. The summed E-state index contributed by atoms with van der Waals surface area (Å²) in [5.41, 5.74) is 1.31. The molecule has 23 heavy (non-hydrogen) atoms. The predicted molar refractivity (Wildman–Crippen MR) is 99.4 cm³/mol. The van der Waals surface area contributed by atoms with E-state index in [1.165, 1.54) is 57.8 Å². The van der Waals surface area contributed by atoms with Crippen LogP contribution in [0.3, 0.4) is 0 Å². The van der Waals surface area contributed by atoms with Crippen molar-refractivity contribution in [3.05, 3.63) is 0 Å². The Morgan fingerprint density at radius 1 is 0.652 bits per heavy atom. The molecule has 0 bridgehead atoms. The highest BCUT2D eigenvalue weighted by molar-refractivity contribution is 5.06. The maximum absolute atomic E-state index is 2.66. The molecule has 0 heteroatoms. The van der Waals surface area contributed by atoms with E-state index in [9.17, 15) is 0 Å². The molecule has 132 valence electrons. The van der Waals surface area contributed by atoms with Crippen LogP contribution < -0.4 is 0 Å². The molecule has 0 nitrogen and oxygen atoms in total. The summed E-state index contributed by atoms with van der Waals surface area (Å²) in [4.78, 5) is 0. The molecular formula is C23H40. The number of fused-ring (bicyclic) bond motifs is 3. The molecule has 5 unspecified atom stereocenters. The zero-order valence-electron chi connectivity index (χ0n) is 16.1. The van der Waals surface area contributed by atoms with E-state index in [0.717, 1.165) is 29.6 Å². The van der Waals surface area contributed by atoms with Gasteiger partial charge in [0.1, 0.15) is 0 Å². The smallest absolute Gasteiger partial charge is 0.0300 e. The van der Waals surface area contributed by atoms with Crippen LogP contribution in [0.5, 0.6) is 0 Å². The largest absolute Gasteiger partial charge is 0.0596 e. The summed E-state index contributed by atoms with van der Waals surface area (Å²) in [6, 6.07) is 0. The lowest BCUT2D eigenvalue weighted by molar-refractivity contribution is 0.0273. The zero-order chi connectivity index (χ0) is 16.1. The van der Waals surface area contributed by atoms with Crippen molar-refractivity contribution in [2.24, 2.45) is 40.4 Å². The van der Waals surface area contributed by atoms with E-state index in [-0.39, 0.29) is 0 Å². The summed E-state index contributed by atoms with van der Waals surface area (Å²) >= 11 is 0. The van der Waals surface area contributed by atoms with Crippen LogP contribution in [0.4, 0.5) is 0 Å². The highest BCUT2D eigenvalue weighted by Gasteiger charge is 2.57. The Kier molecular flexibility index (Phi) is 4.34. The average molecular weight is 317 g/mol. The Morgan fingerprint density at radius 2 is 1.30 bits per heavy atom. The minimum atomic E-state index is 0.621. The van der Waals surface area contributed by atoms with Crippen molar-refractivity contribution in [2.45, 2.75) is 104 Å². The summed E-state index contributed by atoms with van der Waals surface area (Å²) in [5.74, 6) is 5.45. The second kappa shape index (κ2) is 6.06. The normalized spacial score (nSPS) is 45.3. The minimum Gasteiger partial charge on any atom is -0.0596 e. The topological polar surface area (TPSA) is 0 Å². The lowest BCUT2D eigenvalue weighted by Crippen LogP contribution is -2.38. The van der Waals surface area contributed by atoms with Crippen LogP contribution in [0.1, 0.15) is 104 Å². The average Bonchev–Trinajstić information content (AvgIpc) is 2.83. The fraction of sp³-hybridized carbons (Fsp3) is 1.00. The Balaban J connectivity index is 1.61. The van der Waals surface area contributed by atoms with Crippen LogP contribution >= 0.6 is 0 Å². The van der Waals surface area contributed by atoms with Crippen molar-refractivity contribution >= 4 is 0 Å². The van der Waals surface area contributed by atoms with Crippen LogP contribution in [0, 0.1) is 40.4 Å². The Labute approximate surface area is 145 Å². The third kappa shape index (κ3) is 2.91. The predicted octanol–water partition coefficient (Wildman–Crippen LogP) is 7.23. The second-order valence-electron chi connectivity index (χ2n) is 10.9. The van der Waals surface area contributed by atoms with Gasteiger partial charge in [-0.3, -0.25) is 0 Å². The molecule has 4 aliphatic carbocycles. The minimum absolute atomic E-state index is 0.621. The fourth-order valence-corrected chi connectivity index (χ4v) is 8.07. The molecule has 5 atom stereocenters. The first-order valence-corrected chi connectivity index (χ1v) is 11.0. The molecule has 4 saturated carbocycles. The molecule has 0 amide bonds. The lowest BCUT2D eigenvalue weighted by Gasteiger charge is -2.47. The van der Waals surface area contributed by atoms with Crippen molar-refractivity contribution < 1.29 is 0 Å². The van der Waals surface area contributed by atoms with E-state index in [1.807, 2.05) is 0 Å². The van der Waals surface area contributed by atoms with Gasteiger partial charge in [-0.05, 0) is 85.4 Å². The quantitative estimate of drug-likeness (QED) is 0.504. The van der Waals surface area contributed by atoms with Gasteiger partial charge in [0.25, 0.3) is 0 Å². The monoisotopic (exact) mass is 316 g/mol. The van der Waals surface area contributed by atoms with Gasteiger partial charge in [0.15, 0.2) is 0 Å². The van der Waals surface area contributed by atoms with Crippen LogP contribution in [0.25, 0.3) is 0 Å². The van der Waals surface area contributed by atoms with Gasteiger partial charge in [0.05, 0.1) is 0 Å².